The van der Waals surface area contributed by atoms with Gasteiger partial charge in [0.05, 0.1) is 4.90 Å². The first-order chi connectivity index (χ1) is 8.38. The first-order valence-corrected chi connectivity index (χ1v) is 8.87. The summed E-state index contributed by atoms with van der Waals surface area (Å²) in [6, 6.07) is 7.43. The van der Waals surface area contributed by atoms with Crippen LogP contribution in [0.2, 0.25) is 0 Å². The maximum Gasteiger partial charge on any atom is 0.175 e. The molecule has 1 aliphatic carbocycles. The maximum absolute atomic E-state index is 11.4. The van der Waals surface area contributed by atoms with Gasteiger partial charge in [-0.3, -0.25) is 0 Å². The fraction of sp³-hybridized carbons (Fsp3) is 0.538. The van der Waals surface area contributed by atoms with Crippen LogP contribution in [0.4, 0.5) is 0 Å². The fourth-order valence-electron chi connectivity index (χ4n) is 2.26. The molecule has 2 rings (SSSR count). The summed E-state index contributed by atoms with van der Waals surface area (Å²) in [5.74, 6) is 0.518. The van der Waals surface area contributed by atoms with Crippen molar-refractivity contribution >= 4 is 21.6 Å². The Morgan fingerprint density at radius 1 is 1.22 bits per heavy atom. The number of hydrogen-bond donors (Lipinski definition) is 1. The van der Waals surface area contributed by atoms with E-state index in [1.54, 1.807) is 12.1 Å². The molecule has 1 fully saturated rings. The molecule has 0 saturated heterocycles. The fourth-order valence-corrected chi connectivity index (χ4v) is 4.21. The summed E-state index contributed by atoms with van der Waals surface area (Å²) in [4.78, 5) is 1.50. The third kappa shape index (κ3) is 3.08. The Hall–Kier alpha value is -0.520. The van der Waals surface area contributed by atoms with Crippen molar-refractivity contribution in [3.8, 4) is 0 Å². The predicted molar refractivity (Wildman–Crippen MR) is 75.6 cm³/mol. The lowest BCUT2D eigenvalue weighted by molar-refractivity contribution is 0.535. The van der Waals surface area contributed by atoms with Crippen molar-refractivity contribution in [1.82, 2.24) is 0 Å². The molecule has 18 heavy (non-hydrogen) atoms. The average Bonchev–Trinajstić information content (AvgIpc) is 2.61. The topological polar surface area (TPSA) is 60.2 Å². The number of sulfone groups is 1. The van der Waals surface area contributed by atoms with E-state index in [0.717, 1.165) is 17.7 Å². The van der Waals surface area contributed by atoms with Gasteiger partial charge in [-0.25, -0.2) is 8.42 Å². The van der Waals surface area contributed by atoms with Gasteiger partial charge in [0.15, 0.2) is 9.84 Å². The van der Waals surface area contributed by atoms with Gasteiger partial charge in [-0.05, 0) is 43.0 Å². The van der Waals surface area contributed by atoms with Gasteiger partial charge in [0, 0.05) is 22.4 Å². The molecule has 1 aromatic carbocycles. The number of hydrogen-bond acceptors (Lipinski definition) is 4. The second-order valence-electron chi connectivity index (χ2n) is 5.00. The summed E-state index contributed by atoms with van der Waals surface area (Å²) in [6.45, 7) is 2.19. The van der Waals surface area contributed by atoms with Crippen LogP contribution < -0.4 is 5.73 Å². The predicted octanol–water partition coefficient (Wildman–Crippen LogP) is 2.31. The third-order valence-corrected chi connectivity index (χ3v) is 6.23. The van der Waals surface area contributed by atoms with E-state index in [0.29, 0.717) is 22.1 Å². The maximum atomic E-state index is 11.4. The van der Waals surface area contributed by atoms with Crippen molar-refractivity contribution < 1.29 is 8.42 Å². The summed E-state index contributed by atoms with van der Waals surface area (Å²) < 4.78 is 22.7. The summed E-state index contributed by atoms with van der Waals surface area (Å²) >= 11 is 1.81. The highest BCUT2D eigenvalue weighted by atomic mass is 32.2. The normalized spacial score (nSPS) is 28.5. The Morgan fingerprint density at radius 3 is 2.28 bits per heavy atom. The molecule has 0 radical (unpaired) electrons. The van der Waals surface area contributed by atoms with Crippen LogP contribution in [-0.4, -0.2) is 26.0 Å². The lowest BCUT2D eigenvalue weighted by atomic mass is 10.1. The van der Waals surface area contributed by atoms with E-state index in [9.17, 15) is 8.42 Å². The lowest BCUT2D eigenvalue weighted by Crippen LogP contribution is -2.25. The van der Waals surface area contributed by atoms with Crippen molar-refractivity contribution in [3.63, 3.8) is 0 Å². The van der Waals surface area contributed by atoms with Crippen molar-refractivity contribution in [2.24, 2.45) is 11.7 Å². The van der Waals surface area contributed by atoms with E-state index in [1.165, 1.54) is 6.26 Å². The van der Waals surface area contributed by atoms with Crippen molar-refractivity contribution in [2.75, 3.05) is 6.26 Å². The molecule has 3 unspecified atom stereocenters. The van der Waals surface area contributed by atoms with Gasteiger partial charge in [0.25, 0.3) is 0 Å². The number of nitrogens with two attached hydrogens (primary N) is 1. The molecule has 1 aromatic rings. The third-order valence-electron chi connectivity index (χ3n) is 3.59. The number of thioether (sulfide) groups is 1. The van der Waals surface area contributed by atoms with E-state index in [1.807, 2.05) is 23.9 Å². The van der Waals surface area contributed by atoms with Crippen LogP contribution >= 0.6 is 11.8 Å². The van der Waals surface area contributed by atoms with E-state index < -0.39 is 9.84 Å². The Kier molecular flexibility index (Phi) is 4.04. The molecule has 100 valence electrons. The molecule has 0 heterocycles. The average molecular weight is 285 g/mol. The zero-order valence-corrected chi connectivity index (χ0v) is 12.3. The molecular formula is C13H19NO2S2. The molecule has 0 aliphatic heterocycles. The zero-order valence-electron chi connectivity index (χ0n) is 10.7. The quantitative estimate of drug-likeness (QED) is 0.926. The minimum Gasteiger partial charge on any atom is -0.327 e. The minimum absolute atomic E-state index is 0.304. The molecule has 1 aliphatic rings. The second kappa shape index (κ2) is 5.23. The van der Waals surface area contributed by atoms with E-state index in [2.05, 4.69) is 6.92 Å². The van der Waals surface area contributed by atoms with Crippen LogP contribution in [0.5, 0.6) is 0 Å². The Labute approximate surface area is 113 Å². The zero-order chi connectivity index (χ0) is 13.3. The van der Waals surface area contributed by atoms with Crippen LogP contribution in [0.1, 0.15) is 19.8 Å². The SMILES string of the molecule is CC1C(N)CCC1Sc1ccc(S(C)(=O)=O)cc1. The summed E-state index contributed by atoms with van der Waals surface area (Å²) in [5.41, 5.74) is 6.01. The highest BCUT2D eigenvalue weighted by molar-refractivity contribution is 8.00. The smallest absolute Gasteiger partial charge is 0.175 e. The molecule has 2 N–H and O–H groups in total. The van der Waals surface area contributed by atoms with Crippen molar-refractivity contribution in [2.45, 2.75) is 40.8 Å². The van der Waals surface area contributed by atoms with Gasteiger partial charge >= 0.3 is 0 Å². The Morgan fingerprint density at radius 2 is 1.83 bits per heavy atom. The summed E-state index contributed by atoms with van der Waals surface area (Å²) in [5, 5.41) is 0.545. The second-order valence-corrected chi connectivity index (χ2v) is 8.33. The monoisotopic (exact) mass is 285 g/mol. The largest absolute Gasteiger partial charge is 0.327 e. The van der Waals surface area contributed by atoms with E-state index in [-0.39, 0.29) is 0 Å². The van der Waals surface area contributed by atoms with Crippen LogP contribution in [0, 0.1) is 5.92 Å². The molecule has 3 nitrogen and oxygen atoms in total. The highest BCUT2D eigenvalue weighted by Gasteiger charge is 2.30. The molecule has 3 atom stereocenters. The van der Waals surface area contributed by atoms with Crippen LogP contribution in [0.15, 0.2) is 34.1 Å². The first kappa shape index (κ1) is 13.9. The van der Waals surface area contributed by atoms with Crippen molar-refractivity contribution in [3.05, 3.63) is 24.3 Å². The van der Waals surface area contributed by atoms with Crippen molar-refractivity contribution in [1.29, 1.82) is 0 Å². The minimum atomic E-state index is -3.10. The molecule has 0 aromatic heterocycles. The summed E-state index contributed by atoms with van der Waals surface area (Å²) in [7, 11) is -3.10. The summed E-state index contributed by atoms with van der Waals surface area (Å²) in [6.07, 6.45) is 3.45. The molecule has 5 heteroatoms. The Bertz CT molecular complexity index is 510. The van der Waals surface area contributed by atoms with Crippen LogP contribution in [0.3, 0.4) is 0 Å². The molecule has 0 spiro atoms. The highest BCUT2D eigenvalue weighted by Crippen LogP contribution is 2.38. The molecule has 0 amide bonds. The van der Waals surface area contributed by atoms with Gasteiger partial charge in [0.2, 0.25) is 0 Å². The van der Waals surface area contributed by atoms with Gasteiger partial charge < -0.3 is 5.73 Å². The number of rotatable bonds is 3. The van der Waals surface area contributed by atoms with Crippen LogP contribution in [-0.2, 0) is 9.84 Å². The van der Waals surface area contributed by atoms with E-state index in [4.69, 9.17) is 5.73 Å². The molecule has 0 bridgehead atoms. The van der Waals surface area contributed by atoms with Gasteiger partial charge in [-0.15, -0.1) is 11.8 Å². The van der Waals surface area contributed by atoms with Gasteiger partial charge in [-0.1, -0.05) is 6.92 Å². The molecule has 1 saturated carbocycles. The number of benzene rings is 1. The Balaban J connectivity index is 2.07. The first-order valence-electron chi connectivity index (χ1n) is 6.10. The van der Waals surface area contributed by atoms with Gasteiger partial charge in [-0.2, -0.15) is 0 Å². The molecular weight excluding hydrogens is 266 g/mol. The standard InChI is InChI=1S/C13H19NO2S2/c1-9-12(14)7-8-13(9)17-10-3-5-11(6-4-10)18(2,15)16/h3-6,9,12-13H,7-8,14H2,1-2H3. The van der Waals surface area contributed by atoms with E-state index >= 15 is 0 Å². The van der Waals surface area contributed by atoms with Gasteiger partial charge in [0.1, 0.15) is 0 Å². The lowest BCUT2D eigenvalue weighted by Gasteiger charge is -2.17. The van der Waals surface area contributed by atoms with Crippen LogP contribution in [0.25, 0.3) is 0 Å².